The second-order valence-electron chi connectivity index (χ2n) is 7.73. The first-order valence-corrected chi connectivity index (χ1v) is 11.0. The van der Waals surface area contributed by atoms with Crippen molar-refractivity contribution in [1.29, 1.82) is 0 Å². The van der Waals surface area contributed by atoms with Crippen LogP contribution in [0.25, 0.3) is 0 Å². The molecule has 0 saturated carbocycles. The summed E-state index contributed by atoms with van der Waals surface area (Å²) in [5, 5.41) is 2.78. The number of ether oxygens (including phenoxy) is 1. The van der Waals surface area contributed by atoms with Gasteiger partial charge in [-0.1, -0.05) is 32.9 Å². The van der Waals surface area contributed by atoms with E-state index in [4.69, 9.17) is 4.74 Å². The van der Waals surface area contributed by atoms with Crippen molar-refractivity contribution < 1.29 is 17.9 Å². The zero-order chi connectivity index (χ0) is 20.8. The number of hydrogen-bond acceptors (Lipinski definition) is 4. The van der Waals surface area contributed by atoms with Gasteiger partial charge in [-0.25, -0.2) is 8.42 Å². The summed E-state index contributed by atoms with van der Waals surface area (Å²) in [6.07, 6.45) is 2.02. The normalized spacial score (nSPS) is 11.7. The first-order valence-electron chi connectivity index (χ1n) is 9.14. The van der Waals surface area contributed by atoms with Crippen LogP contribution in [0.2, 0.25) is 0 Å². The molecule has 0 atom stereocenters. The summed E-state index contributed by atoms with van der Waals surface area (Å²) in [7, 11) is -3.31. The molecule has 0 aliphatic rings. The van der Waals surface area contributed by atoms with Crippen molar-refractivity contribution in [2.75, 3.05) is 22.9 Å². The third kappa shape index (κ3) is 7.60. The molecular formula is C21H28N2O4S. The van der Waals surface area contributed by atoms with E-state index in [9.17, 15) is 13.2 Å². The van der Waals surface area contributed by atoms with Gasteiger partial charge in [0, 0.05) is 17.8 Å². The SMILES string of the molecule is CC(C)(C)c1ccc(OCCCC(=O)Nc2ccc(NS(C)(=O)=O)cc2)cc1. The second kappa shape index (κ2) is 9.10. The summed E-state index contributed by atoms with van der Waals surface area (Å²) in [6, 6.07) is 14.5. The predicted molar refractivity (Wildman–Crippen MR) is 113 cm³/mol. The fraction of sp³-hybridized carbons (Fsp3) is 0.381. The molecule has 7 heteroatoms. The van der Waals surface area contributed by atoms with Gasteiger partial charge in [-0.2, -0.15) is 0 Å². The molecule has 1 amide bonds. The molecule has 2 rings (SSSR count). The lowest BCUT2D eigenvalue weighted by Gasteiger charge is -2.19. The Morgan fingerprint density at radius 3 is 2.07 bits per heavy atom. The number of anilines is 2. The predicted octanol–water partition coefficient (Wildman–Crippen LogP) is 4.15. The number of rotatable bonds is 8. The molecule has 0 bridgehead atoms. The van der Waals surface area contributed by atoms with E-state index < -0.39 is 10.0 Å². The number of sulfonamides is 1. The molecule has 2 aromatic carbocycles. The van der Waals surface area contributed by atoms with Crippen LogP contribution < -0.4 is 14.8 Å². The second-order valence-corrected chi connectivity index (χ2v) is 9.47. The van der Waals surface area contributed by atoms with Crippen molar-refractivity contribution >= 4 is 27.3 Å². The van der Waals surface area contributed by atoms with Gasteiger partial charge in [0.25, 0.3) is 0 Å². The lowest BCUT2D eigenvalue weighted by molar-refractivity contribution is -0.116. The van der Waals surface area contributed by atoms with E-state index in [1.165, 1.54) is 5.56 Å². The van der Waals surface area contributed by atoms with Gasteiger partial charge in [0.1, 0.15) is 5.75 Å². The lowest BCUT2D eigenvalue weighted by Crippen LogP contribution is -2.13. The maximum absolute atomic E-state index is 12.0. The van der Waals surface area contributed by atoms with Crippen LogP contribution in [0.1, 0.15) is 39.2 Å². The van der Waals surface area contributed by atoms with E-state index in [1.807, 2.05) is 12.1 Å². The summed E-state index contributed by atoms with van der Waals surface area (Å²) in [5.41, 5.74) is 2.42. The molecule has 0 aliphatic carbocycles. The van der Waals surface area contributed by atoms with Gasteiger partial charge in [-0.15, -0.1) is 0 Å². The quantitative estimate of drug-likeness (QED) is 0.647. The standard InChI is InChI=1S/C21H28N2O4S/c1-21(2,3)16-7-13-19(14-8-16)27-15-5-6-20(24)22-17-9-11-18(12-10-17)23-28(4,25)26/h7-14,23H,5-6,15H2,1-4H3,(H,22,24). The number of nitrogens with one attached hydrogen (secondary N) is 2. The number of hydrogen-bond donors (Lipinski definition) is 2. The molecule has 0 fully saturated rings. The molecule has 28 heavy (non-hydrogen) atoms. The highest BCUT2D eigenvalue weighted by Gasteiger charge is 2.13. The van der Waals surface area contributed by atoms with Gasteiger partial charge in [-0.05, 0) is 53.8 Å². The first-order chi connectivity index (χ1) is 13.0. The van der Waals surface area contributed by atoms with Gasteiger partial charge in [-0.3, -0.25) is 9.52 Å². The van der Waals surface area contributed by atoms with Gasteiger partial charge >= 0.3 is 0 Å². The molecular weight excluding hydrogens is 376 g/mol. The molecule has 0 radical (unpaired) electrons. The minimum atomic E-state index is -3.31. The molecule has 6 nitrogen and oxygen atoms in total. The average Bonchev–Trinajstić information content (AvgIpc) is 2.59. The fourth-order valence-electron chi connectivity index (χ4n) is 2.53. The van der Waals surface area contributed by atoms with Crippen molar-refractivity contribution in [3.05, 3.63) is 54.1 Å². The summed E-state index contributed by atoms with van der Waals surface area (Å²) in [4.78, 5) is 12.0. The van der Waals surface area contributed by atoms with E-state index in [2.05, 4.69) is 42.9 Å². The minimum Gasteiger partial charge on any atom is -0.494 e. The lowest BCUT2D eigenvalue weighted by atomic mass is 9.87. The van der Waals surface area contributed by atoms with Crippen molar-refractivity contribution in [3.8, 4) is 5.75 Å². The van der Waals surface area contributed by atoms with Crippen LogP contribution in [0.4, 0.5) is 11.4 Å². The van der Waals surface area contributed by atoms with E-state index in [0.29, 0.717) is 30.8 Å². The summed E-state index contributed by atoms with van der Waals surface area (Å²) in [5.74, 6) is 0.679. The Labute approximate surface area is 167 Å². The van der Waals surface area contributed by atoms with E-state index in [1.54, 1.807) is 24.3 Å². The molecule has 2 aromatic rings. The van der Waals surface area contributed by atoms with E-state index >= 15 is 0 Å². The zero-order valence-corrected chi connectivity index (χ0v) is 17.6. The van der Waals surface area contributed by atoms with Crippen molar-refractivity contribution in [2.45, 2.75) is 39.0 Å². The van der Waals surface area contributed by atoms with Crippen LogP contribution in [-0.4, -0.2) is 27.2 Å². The van der Waals surface area contributed by atoms with Gasteiger partial charge in [0.15, 0.2) is 0 Å². The third-order valence-electron chi connectivity index (χ3n) is 4.01. The Kier molecular flexibility index (Phi) is 7.07. The first kappa shape index (κ1) is 21.8. The monoisotopic (exact) mass is 404 g/mol. The highest BCUT2D eigenvalue weighted by molar-refractivity contribution is 7.92. The number of carbonyl (C=O) groups excluding carboxylic acids is 1. The average molecular weight is 405 g/mol. The Balaban J connectivity index is 1.72. The topological polar surface area (TPSA) is 84.5 Å². The molecule has 0 unspecified atom stereocenters. The Morgan fingerprint density at radius 1 is 0.964 bits per heavy atom. The smallest absolute Gasteiger partial charge is 0.229 e. The Bertz CT molecular complexity index is 883. The maximum atomic E-state index is 12.0. The molecule has 0 spiro atoms. The molecule has 0 saturated heterocycles. The summed E-state index contributed by atoms with van der Waals surface area (Å²) in [6.45, 7) is 6.95. The molecule has 0 heterocycles. The van der Waals surface area contributed by atoms with Crippen LogP contribution in [0, 0.1) is 0 Å². The third-order valence-corrected chi connectivity index (χ3v) is 4.62. The zero-order valence-electron chi connectivity index (χ0n) is 16.8. The molecule has 0 aliphatic heterocycles. The van der Waals surface area contributed by atoms with Crippen molar-refractivity contribution in [2.24, 2.45) is 0 Å². The minimum absolute atomic E-state index is 0.107. The molecule has 2 N–H and O–H groups in total. The van der Waals surface area contributed by atoms with Crippen LogP contribution in [-0.2, 0) is 20.2 Å². The maximum Gasteiger partial charge on any atom is 0.229 e. The van der Waals surface area contributed by atoms with Gasteiger partial charge in [0.05, 0.1) is 12.9 Å². The fourth-order valence-corrected chi connectivity index (χ4v) is 3.10. The number of amides is 1. The summed E-state index contributed by atoms with van der Waals surface area (Å²) >= 11 is 0. The van der Waals surface area contributed by atoms with E-state index in [-0.39, 0.29) is 11.3 Å². The van der Waals surface area contributed by atoms with E-state index in [0.717, 1.165) is 12.0 Å². The van der Waals surface area contributed by atoms with Gasteiger partial charge < -0.3 is 10.1 Å². The van der Waals surface area contributed by atoms with Crippen LogP contribution in [0.3, 0.4) is 0 Å². The highest BCUT2D eigenvalue weighted by Crippen LogP contribution is 2.24. The molecule has 152 valence electrons. The summed E-state index contributed by atoms with van der Waals surface area (Å²) < 4.78 is 30.4. The number of benzene rings is 2. The van der Waals surface area contributed by atoms with Crippen LogP contribution in [0.5, 0.6) is 5.75 Å². The Hall–Kier alpha value is -2.54. The van der Waals surface area contributed by atoms with Crippen molar-refractivity contribution in [1.82, 2.24) is 0 Å². The van der Waals surface area contributed by atoms with Crippen LogP contribution >= 0.6 is 0 Å². The molecule has 0 aromatic heterocycles. The van der Waals surface area contributed by atoms with Gasteiger partial charge in [0.2, 0.25) is 15.9 Å². The highest BCUT2D eigenvalue weighted by atomic mass is 32.2. The number of carbonyl (C=O) groups is 1. The van der Waals surface area contributed by atoms with Crippen LogP contribution in [0.15, 0.2) is 48.5 Å². The Morgan fingerprint density at radius 2 is 1.54 bits per heavy atom. The largest absolute Gasteiger partial charge is 0.494 e. The van der Waals surface area contributed by atoms with Crippen molar-refractivity contribution in [3.63, 3.8) is 0 Å².